The molecule has 0 spiro atoms. The van der Waals surface area contributed by atoms with E-state index in [1.54, 1.807) is 35.6 Å². The number of hydrogen-bond acceptors (Lipinski definition) is 3. The molecule has 2 aromatic carbocycles. The number of rotatable bonds is 8. The van der Waals surface area contributed by atoms with Crippen molar-refractivity contribution in [2.45, 2.75) is 13.5 Å². The van der Waals surface area contributed by atoms with E-state index in [1.165, 1.54) is 29.1 Å². The number of thiophene rings is 1. The van der Waals surface area contributed by atoms with Gasteiger partial charge in [0, 0.05) is 5.69 Å². The highest BCUT2D eigenvalue weighted by molar-refractivity contribution is 7.09. The summed E-state index contributed by atoms with van der Waals surface area (Å²) in [6.07, 6.45) is 0. The summed E-state index contributed by atoms with van der Waals surface area (Å²) in [5.41, 5.74) is 1.28. The van der Waals surface area contributed by atoms with Crippen LogP contribution in [0, 0.1) is 5.82 Å². The highest BCUT2D eigenvalue weighted by Gasteiger charge is 2.17. The van der Waals surface area contributed by atoms with Gasteiger partial charge in [-0.3, -0.25) is 9.59 Å². The van der Waals surface area contributed by atoms with Gasteiger partial charge >= 0.3 is 0 Å². The number of quaternary nitrogens is 1. The molecule has 3 aromatic rings. The Morgan fingerprint density at radius 3 is 2.45 bits per heavy atom. The first-order valence-corrected chi connectivity index (χ1v) is 10.2. The molecule has 3 rings (SSSR count). The molecule has 7 heteroatoms. The van der Waals surface area contributed by atoms with Gasteiger partial charge in [0.2, 0.25) is 0 Å². The van der Waals surface area contributed by atoms with E-state index in [2.05, 4.69) is 16.7 Å². The van der Waals surface area contributed by atoms with E-state index in [-0.39, 0.29) is 17.6 Å². The molecule has 0 bridgehead atoms. The number of carbonyl (C=O) groups is 2. The lowest BCUT2D eigenvalue weighted by molar-refractivity contribution is -0.903. The molecule has 0 fully saturated rings. The van der Waals surface area contributed by atoms with Gasteiger partial charge in [-0.15, -0.1) is 11.3 Å². The zero-order chi connectivity index (χ0) is 20.6. The molecular formula is C22H23FN3O2S+. The molecule has 0 radical (unpaired) electrons. The molecule has 0 aliphatic carbocycles. The zero-order valence-electron chi connectivity index (χ0n) is 16.1. The lowest BCUT2D eigenvalue weighted by atomic mass is 10.1. The number of hydrogen-bond donors (Lipinski definition) is 3. The van der Waals surface area contributed by atoms with Crippen LogP contribution in [-0.2, 0) is 11.3 Å². The largest absolute Gasteiger partial charge is 0.323 e. The summed E-state index contributed by atoms with van der Waals surface area (Å²) < 4.78 is 13.0. The van der Waals surface area contributed by atoms with Gasteiger partial charge in [-0.2, -0.15) is 0 Å². The molecular weight excluding hydrogens is 389 g/mol. The van der Waals surface area contributed by atoms with Crippen molar-refractivity contribution in [1.29, 1.82) is 0 Å². The monoisotopic (exact) mass is 412 g/mol. The van der Waals surface area contributed by atoms with Gasteiger partial charge in [0.1, 0.15) is 12.4 Å². The van der Waals surface area contributed by atoms with E-state index in [9.17, 15) is 14.0 Å². The van der Waals surface area contributed by atoms with Crippen molar-refractivity contribution < 1.29 is 18.9 Å². The van der Waals surface area contributed by atoms with Crippen molar-refractivity contribution in [1.82, 2.24) is 0 Å². The third-order valence-corrected chi connectivity index (χ3v) is 5.34. The van der Waals surface area contributed by atoms with Crippen LogP contribution >= 0.6 is 11.3 Å². The smallest absolute Gasteiger partial charge is 0.279 e. The summed E-state index contributed by atoms with van der Waals surface area (Å²) in [4.78, 5) is 27.6. The Labute approximate surface area is 173 Å². The molecule has 5 nitrogen and oxygen atoms in total. The quantitative estimate of drug-likeness (QED) is 0.532. The number of benzene rings is 2. The van der Waals surface area contributed by atoms with E-state index in [0.29, 0.717) is 23.5 Å². The van der Waals surface area contributed by atoms with Gasteiger partial charge in [0.25, 0.3) is 11.8 Å². The van der Waals surface area contributed by atoms with Gasteiger partial charge in [0.15, 0.2) is 6.54 Å². The maximum atomic E-state index is 13.0. The lowest BCUT2D eigenvalue weighted by Crippen LogP contribution is -3.11. The number of likely N-dealkylation sites (N-methyl/N-ethyl adjacent to an activating group) is 1. The number of para-hydroxylation sites is 1. The number of carbonyl (C=O) groups excluding carboxylic acids is 2. The van der Waals surface area contributed by atoms with Crippen LogP contribution in [0.3, 0.4) is 0 Å². The minimum Gasteiger partial charge on any atom is -0.323 e. The van der Waals surface area contributed by atoms with Crippen LogP contribution < -0.4 is 15.5 Å². The second-order valence-electron chi connectivity index (χ2n) is 6.59. The first kappa shape index (κ1) is 20.7. The normalized spacial score (nSPS) is 11.7. The molecule has 0 aliphatic heterocycles. The van der Waals surface area contributed by atoms with Crippen molar-refractivity contribution in [2.24, 2.45) is 0 Å². The number of amides is 2. The maximum Gasteiger partial charge on any atom is 0.279 e. The van der Waals surface area contributed by atoms with E-state index in [4.69, 9.17) is 0 Å². The van der Waals surface area contributed by atoms with Crippen molar-refractivity contribution in [3.05, 3.63) is 82.3 Å². The average Bonchev–Trinajstić information content (AvgIpc) is 3.22. The maximum absolute atomic E-state index is 13.0. The first-order valence-electron chi connectivity index (χ1n) is 9.37. The van der Waals surface area contributed by atoms with Crippen molar-refractivity contribution in [2.75, 3.05) is 23.7 Å². The predicted octanol–water partition coefficient (Wildman–Crippen LogP) is 3.18. The molecule has 1 unspecified atom stereocenters. The molecule has 0 aliphatic rings. The summed E-state index contributed by atoms with van der Waals surface area (Å²) in [7, 11) is 0. The van der Waals surface area contributed by atoms with E-state index in [0.717, 1.165) is 18.0 Å². The minimum absolute atomic E-state index is 0.152. The summed E-state index contributed by atoms with van der Waals surface area (Å²) in [5.74, 6) is -0.896. The van der Waals surface area contributed by atoms with Crippen LogP contribution in [0.1, 0.15) is 22.2 Å². The Hall–Kier alpha value is -3.03. The number of nitrogens with one attached hydrogen (secondary N) is 3. The van der Waals surface area contributed by atoms with Gasteiger partial charge in [0.05, 0.1) is 22.7 Å². The topological polar surface area (TPSA) is 62.6 Å². The molecule has 2 amide bonds. The van der Waals surface area contributed by atoms with Crippen molar-refractivity contribution >= 4 is 34.5 Å². The summed E-state index contributed by atoms with van der Waals surface area (Å²) in [6, 6.07) is 16.4. The van der Waals surface area contributed by atoms with Crippen molar-refractivity contribution in [3.63, 3.8) is 0 Å². The highest BCUT2D eigenvalue weighted by atomic mass is 32.1. The molecule has 1 atom stereocenters. The molecule has 0 saturated carbocycles. The molecule has 1 aromatic heterocycles. The fourth-order valence-electron chi connectivity index (χ4n) is 2.92. The molecule has 29 heavy (non-hydrogen) atoms. The fraction of sp³-hybridized carbons (Fsp3) is 0.182. The predicted molar refractivity (Wildman–Crippen MR) is 114 cm³/mol. The van der Waals surface area contributed by atoms with Crippen molar-refractivity contribution in [3.8, 4) is 0 Å². The Kier molecular flexibility index (Phi) is 7.10. The number of anilines is 2. The molecule has 3 N–H and O–H groups in total. The average molecular weight is 413 g/mol. The van der Waals surface area contributed by atoms with Crippen LogP contribution in [0.2, 0.25) is 0 Å². The molecule has 1 heterocycles. The highest BCUT2D eigenvalue weighted by Crippen LogP contribution is 2.17. The third kappa shape index (κ3) is 5.97. The SMILES string of the molecule is CC[NH+](CC(=O)Nc1ccccc1C(=O)Nc1ccc(F)cc1)Cc1cccs1. The van der Waals surface area contributed by atoms with Crippen LogP contribution in [0.25, 0.3) is 0 Å². The summed E-state index contributed by atoms with van der Waals surface area (Å²) in [5, 5.41) is 7.60. The second-order valence-corrected chi connectivity index (χ2v) is 7.62. The van der Waals surface area contributed by atoms with Crippen LogP contribution in [0.5, 0.6) is 0 Å². The number of halogens is 1. The lowest BCUT2D eigenvalue weighted by Gasteiger charge is -2.17. The summed E-state index contributed by atoms with van der Waals surface area (Å²) in [6.45, 7) is 3.95. The third-order valence-electron chi connectivity index (χ3n) is 4.46. The van der Waals surface area contributed by atoms with Crippen LogP contribution in [0.4, 0.5) is 15.8 Å². The fourth-order valence-corrected chi connectivity index (χ4v) is 3.69. The Morgan fingerprint density at radius 1 is 1.00 bits per heavy atom. The summed E-state index contributed by atoms with van der Waals surface area (Å²) >= 11 is 1.68. The van der Waals surface area contributed by atoms with E-state index in [1.807, 2.05) is 18.4 Å². The standard InChI is InChI=1S/C22H22FN3O2S/c1-2-26(14-18-6-5-13-29-18)15-21(27)25-20-8-4-3-7-19(20)22(28)24-17-11-9-16(23)10-12-17/h3-13H,2,14-15H2,1H3,(H,24,28)(H,25,27)/p+1. The Balaban J connectivity index is 1.65. The van der Waals surface area contributed by atoms with Gasteiger partial charge in [-0.25, -0.2) is 4.39 Å². The minimum atomic E-state index is -0.374. The van der Waals surface area contributed by atoms with Crippen LogP contribution in [0.15, 0.2) is 66.0 Å². The molecule has 0 saturated heterocycles. The van der Waals surface area contributed by atoms with E-state index < -0.39 is 0 Å². The van der Waals surface area contributed by atoms with Gasteiger partial charge in [-0.05, 0) is 54.8 Å². The van der Waals surface area contributed by atoms with Gasteiger partial charge in [-0.1, -0.05) is 18.2 Å². The van der Waals surface area contributed by atoms with E-state index >= 15 is 0 Å². The van der Waals surface area contributed by atoms with Crippen LogP contribution in [-0.4, -0.2) is 24.9 Å². The molecule has 150 valence electrons. The zero-order valence-corrected chi connectivity index (χ0v) is 16.9. The first-order chi connectivity index (χ1) is 14.0. The Morgan fingerprint density at radius 2 is 1.76 bits per heavy atom. The second kappa shape index (κ2) is 9.95. The Bertz CT molecular complexity index is 958. The van der Waals surface area contributed by atoms with Gasteiger partial charge < -0.3 is 15.5 Å².